The van der Waals surface area contributed by atoms with E-state index in [2.05, 4.69) is 4.90 Å². The van der Waals surface area contributed by atoms with Gasteiger partial charge in [-0.15, -0.1) is 0 Å². The summed E-state index contributed by atoms with van der Waals surface area (Å²) in [7, 11) is 1.76. The van der Waals surface area contributed by atoms with Gasteiger partial charge in [0.1, 0.15) is 11.4 Å². The van der Waals surface area contributed by atoms with Gasteiger partial charge < -0.3 is 19.5 Å². The summed E-state index contributed by atoms with van der Waals surface area (Å²) < 4.78 is 11.0. The van der Waals surface area contributed by atoms with Gasteiger partial charge >= 0.3 is 12.1 Å². The molecule has 1 aromatic rings. The van der Waals surface area contributed by atoms with Gasteiger partial charge in [0, 0.05) is 25.7 Å². The van der Waals surface area contributed by atoms with E-state index in [-0.39, 0.29) is 12.7 Å². The van der Waals surface area contributed by atoms with Gasteiger partial charge in [-0.25, -0.2) is 9.59 Å². The Kier molecular flexibility index (Phi) is 4.62. The fourth-order valence-electron chi connectivity index (χ4n) is 3.49. The standard InChI is InChI=1S/C17H22N2O5/c1-18-11-17(24-16(18)22)7-4-8-19(12-17)9-13-5-2-3-6-14(13)23-10-15(20)21/h2-3,5-6H,4,7-12H2,1H3,(H,20,21)/t17-/m0/s1. The van der Waals surface area contributed by atoms with E-state index < -0.39 is 11.6 Å². The van der Waals surface area contributed by atoms with Crippen LogP contribution in [-0.4, -0.2) is 65.9 Å². The smallest absolute Gasteiger partial charge is 0.410 e. The first kappa shape index (κ1) is 16.6. The molecule has 0 bridgehead atoms. The highest BCUT2D eigenvalue weighted by Crippen LogP contribution is 2.32. The average molecular weight is 334 g/mol. The molecule has 3 rings (SSSR count). The van der Waals surface area contributed by atoms with E-state index in [9.17, 15) is 9.59 Å². The van der Waals surface area contributed by atoms with E-state index in [1.54, 1.807) is 18.0 Å². The second kappa shape index (κ2) is 6.68. The quantitative estimate of drug-likeness (QED) is 0.880. The van der Waals surface area contributed by atoms with Gasteiger partial charge in [0.15, 0.2) is 6.61 Å². The van der Waals surface area contributed by atoms with Gasteiger partial charge in [-0.05, 0) is 25.5 Å². The summed E-state index contributed by atoms with van der Waals surface area (Å²) in [5, 5.41) is 8.79. The van der Waals surface area contributed by atoms with Crippen LogP contribution in [0.4, 0.5) is 4.79 Å². The molecule has 2 heterocycles. The topological polar surface area (TPSA) is 79.3 Å². The van der Waals surface area contributed by atoms with Crippen LogP contribution in [0.15, 0.2) is 24.3 Å². The van der Waals surface area contributed by atoms with Crippen LogP contribution >= 0.6 is 0 Å². The number of hydrogen-bond donors (Lipinski definition) is 1. The highest BCUT2D eigenvalue weighted by atomic mass is 16.6. The van der Waals surface area contributed by atoms with Crippen LogP contribution in [-0.2, 0) is 16.1 Å². The van der Waals surface area contributed by atoms with Crippen LogP contribution in [0.3, 0.4) is 0 Å². The minimum Gasteiger partial charge on any atom is -0.482 e. The zero-order valence-electron chi connectivity index (χ0n) is 13.7. The van der Waals surface area contributed by atoms with E-state index in [1.807, 2.05) is 18.2 Å². The number of carbonyl (C=O) groups is 2. The Morgan fingerprint density at radius 1 is 1.38 bits per heavy atom. The van der Waals surface area contributed by atoms with Gasteiger partial charge in [0.2, 0.25) is 0 Å². The van der Waals surface area contributed by atoms with Gasteiger partial charge in [0.25, 0.3) is 0 Å². The van der Waals surface area contributed by atoms with Crippen LogP contribution in [0.25, 0.3) is 0 Å². The second-order valence-corrected chi connectivity index (χ2v) is 6.51. The maximum absolute atomic E-state index is 11.7. The van der Waals surface area contributed by atoms with Crippen LogP contribution in [0.2, 0.25) is 0 Å². The Morgan fingerprint density at radius 3 is 2.88 bits per heavy atom. The zero-order valence-corrected chi connectivity index (χ0v) is 13.7. The number of rotatable bonds is 5. The lowest BCUT2D eigenvalue weighted by Gasteiger charge is -2.38. The monoisotopic (exact) mass is 334 g/mol. The van der Waals surface area contributed by atoms with Crippen LogP contribution in [0.5, 0.6) is 5.75 Å². The lowest BCUT2D eigenvalue weighted by Crippen LogP contribution is -2.50. The number of hydrogen-bond acceptors (Lipinski definition) is 5. The van der Waals surface area contributed by atoms with E-state index >= 15 is 0 Å². The summed E-state index contributed by atoms with van der Waals surface area (Å²) in [6.07, 6.45) is 1.57. The zero-order chi connectivity index (χ0) is 17.2. The van der Waals surface area contributed by atoms with Crippen molar-refractivity contribution in [1.29, 1.82) is 0 Å². The van der Waals surface area contributed by atoms with E-state index in [0.29, 0.717) is 25.4 Å². The molecule has 0 unspecified atom stereocenters. The number of piperidine rings is 1. The van der Waals surface area contributed by atoms with Gasteiger partial charge in [-0.2, -0.15) is 0 Å². The van der Waals surface area contributed by atoms with Gasteiger partial charge in [0.05, 0.1) is 6.54 Å². The van der Waals surface area contributed by atoms with E-state index in [0.717, 1.165) is 24.9 Å². The van der Waals surface area contributed by atoms with Crippen molar-refractivity contribution in [3.63, 3.8) is 0 Å². The van der Waals surface area contributed by atoms with Crippen LogP contribution < -0.4 is 4.74 Å². The number of carbonyl (C=O) groups excluding carboxylic acids is 1. The molecule has 7 nitrogen and oxygen atoms in total. The summed E-state index contributed by atoms with van der Waals surface area (Å²) >= 11 is 0. The largest absolute Gasteiger partial charge is 0.482 e. The molecule has 0 aliphatic carbocycles. The Hall–Kier alpha value is -2.28. The number of likely N-dealkylation sites (tertiary alicyclic amines) is 1. The van der Waals surface area contributed by atoms with Crippen molar-refractivity contribution < 1.29 is 24.2 Å². The number of likely N-dealkylation sites (N-methyl/N-ethyl adjacent to an activating group) is 1. The van der Waals surface area contributed by atoms with Crippen molar-refractivity contribution >= 4 is 12.1 Å². The Labute approximate surface area is 140 Å². The van der Waals surface area contributed by atoms with Crippen molar-refractivity contribution in [3.05, 3.63) is 29.8 Å². The number of benzene rings is 1. The third-order valence-electron chi connectivity index (χ3n) is 4.48. The molecular formula is C17H22N2O5. The van der Waals surface area contributed by atoms with Gasteiger partial charge in [-0.3, -0.25) is 4.90 Å². The van der Waals surface area contributed by atoms with E-state index in [4.69, 9.17) is 14.6 Å². The number of amides is 1. The molecule has 0 aromatic heterocycles. The summed E-state index contributed by atoms with van der Waals surface area (Å²) in [6, 6.07) is 7.45. The second-order valence-electron chi connectivity index (χ2n) is 6.51. The van der Waals surface area contributed by atoms with Crippen molar-refractivity contribution in [1.82, 2.24) is 9.80 Å². The first-order valence-electron chi connectivity index (χ1n) is 8.06. The lowest BCUT2D eigenvalue weighted by molar-refractivity contribution is -0.139. The minimum atomic E-state index is -0.998. The Morgan fingerprint density at radius 2 is 2.17 bits per heavy atom. The molecule has 1 atom stereocenters. The molecule has 0 saturated carbocycles. The first-order chi connectivity index (χ1) is 11.5. The number of aliphatic carboxylic acids is 1. The molecule has 2 aliphatic rings. The summed E-state index contributed by atoms with van der Waals surface area (Å²) in [6.45, 7) is 2.48. The number of carboxylic acids is 1. The fourth-order valence-corrected chi connectivity index (χ4v) is 3.49. The third-order valence-corrected chi connectivity index (χ3v) is 4.48. The molecule has 2 saturated heterocycles. The van der Waals surface area contributed by atoms with Crippen molar-refractivity contribution in [3.8, 4) is 5.75 Å². The molecule has 1 spiro atoms. The average Bonchev–Trinajstić information content (AvgIpc) is 2.80. The molecule has 2 fully saturated rings. The molecule has 1 aromatic carbocycles. The van der Waals surface area contributed by atoms with Crippen molar-refractivity contribution in [2.24, 2.45) is 0 Å². The Bertz CT molecular complexity index is 635. The number of nitrogens with zero attached hydrogens (tertiary/aromatic N) is 2. The first-order valence-corrected chi connectivity index (χ1v) is 8.06. The van der Waals surface area contributed by atoms with E-state index in [1.165, 1.54) is 0 Å². The van der Waals surface area contributed by atoms with Crippen molar-refractivity contribution in [2.45, 2.75) is 25.0 Å². The summed E-state index contributed by atoms with van der Waals surface area (Å²) in [5.41, 5.74) is 0.509. The summed E-state index contributed by atoms with van der Waals surface area (Å²) in [4.78, 5) is 26.3. The Balaban J connectivity index is 1.68. The molecule has 0 radical (unpaired) electrons. The predicted octanol–water partition coefficient (Wildman–Crippen LogP) is 1.57. The molecule has 1 amide bonds. The molecular weight excluding hydrogens is 312 g/mol. The number of para-hydroxylation sites is 1. The number of carboxylic acid groups (broad SMARTS) is 1. The SMILES string of the molecule is CN1C[C@]2(CCCN(Cc3ccccc3OCC(=O)O)C2)OC1=O. The minimum absolute atomic E-state index is 0.262. The maximum atomic E-state index is 11.7. The van der Waals surface area contributed by atoms with Crippen LogP contribution in [0.1, 0.15) is 18.4 Å². The third kappa shape index (κ3) is 3.62. The normalized spacial score (nSPS) is 24.2. The molecule has 2 aliphatic heterocycles. The lowest BCUT2D eigenvalue weighted by atomic mass is 9.92. The molecule has 130 valence electrons. The predicted molar refractivity (Wildman–Crippen MR) is 85.9 cm³/mol. The number of ether oxygens (including phenoxy) is 2. The van der Waals surface area contributed by atoms with Gasteiger partial charge in [-0.1, -0.05) is 18.2 Å². The van der Waals surface area contributed by atoms with Crippen LogP contribution in [0, 0.1) is 0 Å². The maximum Gasteiger partial charge on any atom is 0.410 e. The highest BCUT2D eigenvalue weighted by molar-refractivity contribution is 5.70. The molecule has 1 N–H and O–H groups in total. The fraction of sp³-hybridized carbons (Fsp3) is 0.529. The summed E-state index contributed by atoms with van der Waals surface area (Å²) in [5.74, 6) is -0.414. The molecule has 24 heavy (non-hydrogen) atoms. The highest BCUT2D eigenvalue weighted by Gasteiger charge is 2.46. The van der Waals surface area contributed by atoms with Crippen molar-refractivity contribution in [2.75, 3.05) is 33.3 Å². The molecule has 7 heteroatoms.